The summed E-state index contributed by atoms with van der Waals surface area (Å²) in [6.07, 6.45) is 2.41. The molecule has 1 aliphatic carbocycles. The Morgan fingerprint density at radius 2 is 1.73 bits per heavy atom. The molecule has 2 aromatic rings. The van der Waals surface area contributed by atoms with Crippen molar-refractivity contribution in [1.82, 2.24) is 20.4 Å². The molecule has 10 nitrogen and oxygen atoms in total. The molecule has 2 aromatic carbocycles. The summed E-state index contributed by atoms with van der Waals surface area (Å²) in [5.41, 5.74) is -0.217. The molecular weight excluding hydrogens is 625 g/mol. The van der Waals surface area contributed by atoms with E-state index in [0.29, 0.717) is 51.0 Å². The van der Waals surface area contributed by atoms with Crippen LogP contribution in [-0.2, 0) is 25.1 Å². The van der Waals surface area contributed by atoms with Crippen LogP contribution in [0.25, 0.3) is 0 Å². The Morgan fingerprint density at radius 3 is 2.40 bits per heavy atom. The first-order chi connectivity index (χ1) is 22.8. The van der Waals surface area contributed by atoms with Crippen molar-refractivity contribution >= 4 is 29.3 Å². The first-order valence-electron chi connectivity index (χ1n) is 16.4. The third kappa shape index (κ3) is 8.92. The molecule has 1 saturated heterocycles. The van der Waals surface area contributed by atoms with Crippen LogP contribution in [0.1, 0.15) is 75.0 Å². The molecule has 1 aliphatic heterocycles. The average Bonchev–Trinajstić information content (AvgIpc) is 3.08. The topological polar surface area (TPSA) is 135 Å². The summed E-state index contributed by atoms with van der Waals surface area (Å²) < 4.78 is 45.4. The summed E-state index contributed by atoms with van der Waals surface area (Å²) in [6.45, 7) is 5.87. The molecule has 4 atom stereocenters. The first kappa shape index (κ1) is 36.4. The van der Waals surface area contributed by atoms with Crippen molar-refractivity contribution in [3.8, 4) is 6.07 Å². The fraction of sp³-hybridized carbons (Fsp3) is 0.514. The van der Waals surface area contributed by atoms with Crippen molar-refractivity contribution in [2.24, 2.45) is 5.92 Å². The maximum absolute atomic E-state index is 15.4. The van der Waals surface area contributed by atoms with Crippen LogP contribution < -0.4 is 16.0 Å². The van der Waals surface area contributed by atoms with Gasteiger partial charge in [0, 0.05) is 56.5 Å². The highest BCUT2D eigenvalue weighted by Gasteiger charge is 2.43. The van der Waals surface area contributed by atoms with Crippen molar-refractivity contribution in [3.05, 3.63) is 65.0 Å². The molecule has 3 N–H and O–H groups in total. The number of alkyl halides is 2. The lowest BCUT2D eigenvalue weighted by atomic mass is 9.82. The lowest BCUT2D eigenvalue weighted by Gasteiger charge is -2.36. The second-order valence-electron chi connectivity index (χ2n) is 12.7. The molecule has 2 unspecified atom stereocenters. The van der Waals surface area contributed by atoms with Gasteiger partial charge < -0.3 is 25.8 Å². The van der Waals surface area contributed by atoms with Crippen LogP contribution in [0.2, 0.25) is 0 Å². The van der Waals surface area contributed by atoms with E-state index in [-0.39, 0.29) is 35.9 Å². The number of halogens is 3. The van der Waals surface area contributed by atoms with E-state index in [9.17, 15) is 19.2 Å². The van der Waals surface area contributed by atoms with Crippen LogP contribution in [0, 0.1) is 23.1 Å². The van der Waals surface area contributed by atoms with E-state index in [1.54, 1.807) is 30.9 Å². The van der Waals surface area contributed by atoms with E-state index in [4.69, 9.17) is 5.26 Å². The summed E-state index contributed by atoms with van der Waals surface area (Å²) in [5, 5.41) is 16.8. The van der Waals surface area contributed by atoms with Gasteiger partial charge in [-0.05, 0) is 55.6 Å². The van der Waals surface area contributed by atoms with Crippen LogP contribution in [0.4, 0.5) is 18.9 Å². The van der Waals surface area contributed by atoms with Gasteiger partial charge in [0.05, 0.1) is 17.3 Å². The molecule has 2 aliphatic rings. The van der Waals surface area contributed by atoms with E-state index in [0.717, 1.165) is 18.6 Å². The number of nitrogens with one attached hydrogen (secondary N) is 3. The monoisotopic (exact) mass is 668 g/mol. The third-order valence-corrected chi connectivity index (χ3v) is 9.32. The lowest BCUT2D eigenvalue weighted by Crippen LogP contribution is -2.55. The highest BCUT2D eigenvalue weighted by Crippen LogP contribution is 2.33. The van der Waals surface area contributed by atoms with Crippen LogP contribution in [0.3, 0.4) is 0 Å². The lowest BCUT2D eigenvalue weighted by molar-refractivity contribution is -0.148. The SMILES string of the molecule is CCC(=O)N[C@@H](C(=O)N1CCN(C)CC1)[C@@H](C)c1ccc(NC(=O)CC2CCCCC2NC(=O)C(F)(F)c2cccc(C#N)c2)c(F)c1. The van der Waals surface area contributed by atoms with Gasteiger partial charge in [0.2, 0.25) is 17.7 Å². The number of anilines is 1. The molecule has 48 heavy (non-hydrogen) atoms. The van der Waals surface area contributed by atoms with Crippen molar-refractivity contribution in [1.29, 1.82) is 5.26 Å². The Balaban J connectivity index is 1.41. The van der Waals surface area contributed by atoms with Crippen molar-refractivity contribution < 1.29 is 32.3 Å². The van der Waals surface area contributed by atoms with Crippen LogP contribution in [0.15, 0.2) is 42.5 Å². The number of carbonyl (C=O) groups is 4. The standard InChI is InChI=1S/C35H43F3N6O4/c1-4-30(45)42-32(33(47)44-16-14-43(3)15-17-44)22(2)24-12-13-29(27(36)19-24)40-31(46)20-25-9-5-6-11-28(25)41-34(48)35(37,38)26-10-7-8-23(18-26)21-39/h7-8,10,12-13,18-19,22,25,28,32H,4-6,9,11,14-17,20H2,1-3H3,(H,40,46)(H,41,48)(H,42,45)/t22-,25?,28?,32+/m0/s1. The Morgan fingerprint density at radius 1 is 1.02 bits per heavy atom. The minimum absolute atomic E-state index is 0.00383. The van der Waals surface area contributed by atoms with Gasteiger partial charge in [-0.15, -0.1) is 0 Å². The normalized spacial score (nSPS) is 19.8. The number of nitriles is 1. The summed E-state index contributed by atoms with van der Waals surface area (Å²) in [7, 11) is 1.97. The molecule has 0 bridgehead atoms. The van der Waals surface area contributed by atoms with Gasteiger partial charge in [-0.2, -0.15) is 14.0 Å². The van der Waals surface area contributed by atoms with E-state index in [1.807, 2.05) is 7.05 Å². The predicted molar refractivity (Wildman–Crippen MR) is 173 cm³/mol. The van der Waals surface area contributed by atoms with Crippen LogP contribution in [-0.4, -0.2) is 78.7 Å². The number of hydrogen-bond acceptors (Lipinski definition) is 6. The molecular formula is C35H43F3N6O4. The van der Waals surface area contributed by atoms with Crippen molar-refractivity contribution in [3.63, 3.8) is 0 Å². The number of nitrogens with zero attached hydrogens (tertiary/aromatic N) is 3. The summed E-state index contributed by atoms with van der Waals surface area (Å²) in [6, 6.07) is 9.12. The van der Waals surface area contributed by atoms with Crippen LogP contribution >= 0.6 is 0 Å². The molecule has 1 heterocycles. The van der Waals surface area contributed by atoms with Gasteiger partial charge in [-0.1, -0.05) is 44.9 Å². The Labute approximate surface area is 279 Å². The maximum Gasteiger partial charge on any atom is 0.349 e. The van der Waals surface area contributed by atoms with E-state index in [2.05, 4.69) is 20.9 Å². The predicted octanol–water partition coefficient (Wildman–Crippen LogP) is 4.27. The molecule has 1 saturated carbocycles. The largest absolute Gasteiger partial charge is 0.349 e. The Bertz CT molecular complexity index is 1540. The first-order valence-corrected chi connectivity index (χ1v) is 16.4. The zero-order valence-electron chi connectivity index (χ0n) is 27.5. The smallest absolute Gasteiger partial charge is 0.348 e. The molecule has 0 aromatic heterocycles. The van der Waals surface area contributed by atoms with Gasteiger partial charge >= 0.3 is 5.92 Å². The zero-order valence-corrected chi connectivity index (χ0v) is 27.5. The quantitative estimate of drug-likeness (QED) is 0.328. The molecule has 4 amide bonds. The minimum Gasteiger partial charge on any atom is -0.348 e. The number of piperazine rings is 1. The molecule has 0 radical (unpaired) electrons. The van der Waals surface area contributed by atoms with Gasteiger partial charge in [-0.3, -0.25) is 19.2 Å². The van der Waals surface area contributed by atoms with Crippen LogP contribution in [0.5, 0.6) is 0 Å². The number of amides is 4. The molecule has 258 valence electrons. The number of rotatable bonds is 11. The number of carbonyl (C=O) groups excluding carboxylic acids is 4. The van der Waals surface area contributed by atoms with Gasteiger partial charge in [0.15, 0.2) is 0 Å². The highest BCUT2D eigenvalue weighted by atomic mass is 19.3. The number of likely N-dealkylation sites (N-methyl/N-ethyl adjacent to an activating group) is 1. The van der Waals surface area contributed by atoms with E-state index >= 15 is 13.2 Å². The molecule has 13 heteroatoms. The minimum atomic E-state index is -3.88. The molecule has 0 spiro atoms. The second-order valence-corrected chi connectivity index (χ2v) is 12.7. The van der Waals surface area contributed by atoms with E-state index < -0.39 is 53.0 Å². The fourth-order valence-corrected chi connectivity index (χ4v) is 6.26. The maximum atomic E-state index is 15.4. The second kappa shape index (κ2) is 16.1. The van der Waals surface area contributed by atoms with Crippen molar-refractivity contribution in [2.45, 2.75) is 76.3 Å². The highest BCUT2D eigenvalue weighted by molar-refractivity contribution is 5.91. The number of hydrogen-bond donors (Lipinski definition) is 3. The summed E-state index contributed by atoms with van der Waals surface area (Å²) in [4.78, 5) is 55.4. The Hall–Kier alpha value is -4.44. The van der Waals surface area contributed by atoms with Crippen molar-refractivity contribution in [2.75, 3.05) is 38.5 Å². The third-order valence-electron chi connectivity index (χ3n) is 9.32. The molecule has 2 fully saturated rings. The fourth-order valence-electron chi connectivity index (χ4n) is 6.26. The van der Waals surface area contributed by atoms with E-state index in [1.165, 1.54) is 24.3 Å². The van der Waals surface area contributed by atoms with Gasteiger partial charge in [-0.25, -0.2) is 4.39 Å². The average molecular weight is 669 g/mol. The number of benzene rings is 2. The zero-order chi connectivity index (χ0) is 35.0. The molecule has 4 rings (SSSR count). The van der Waals surface area contributed by atoms with Gasteiger partial charge in [0.25, 0.3) is 5.91 Å². The summed E-state index contributed by atoms with van der Waals surface area (Å²) >= 11 is 0. The van der Waals surface area contributed by atoms with Gasteiger partial charge in [0.1, 0.15) is 11.9 Å². The Kier molecular flexibility index (Phi) is 12.2. The summed E-state index contributed by atoms with van der Waals surface area (Å²) in [5.74, 6) is -8.21.